The molecule has 0 saturated carbocycles. The van der Waals surface area contributed by atoms with E-state index in [1.165, 1.54) is 28.3 Å². The van der Waals surface area contributed by atoms with Crippen LogP contribution < -0.4 is 40.6 Å². The van der Waals surface area contributed by atoms with E-state index < -0.39 is 31.9 Å². The molecule has 0 unspecified atom stereocenters. The summed E-state index contributed by atoms with van der Waals surface area (Å²) in [5, 5.41) is 16.7. The molecule has 0 aliphatic carbocycles. The van der Waals surface area contributed by atoms with Crippen LogP contribution in [-0.2, 0) is 29.6 Å². The van der Waals surface area contributed by atoms with E-state index in [2.05, 4.69) is 53.4 Å². The first-order chi connectivity index (χ1) is 36.4. The molecule has 0 saturated heterocycles. The number of rotatable bonds is 29. The summed E-state index contributed by atoms with van der Waals surface area (Å²) in [5.74, 6) is 0.510. The number of nitrogens with two attached hydrogens (primary N) is 1. The second kappa shape index (κ2) is 33.7. The van der Waals surface area contributed by atoms with Crippen LogP contribution in [0.3, 0.4) is 0 Å². The summed E-state index contributed by atoms with van der Waals surface area (Å²) in [6, 6.07) is 19.9. The standard InChI is InChI=1S/C27H40N4O6S.C14H23N3O4S.C13H19NO3/c1-7-31(8-2)15-16-37-23-11-9-22(10-12-23)27(33)29-14-13-28-25(32)19-30(5)38(34,35)26-20(3)17-24(36-6)18-21(26)4;1-10-7-12(21-4)8-11(2)14(10)22(19,20)17(3)9-13(18)16-6-5-15;1-3-14(4-2)9-10-17-12-7-5-11(6-8-12)13(15)16/h9-12,17-18H,7-8,13-16,19H2,1-6H3,(H,28,32)(H,29,33);7-8H,5-6,9,15H2,1-4H3,(H,16,18);5-8H,3-4,9-10H2,1-2H3,(H,15,16). The van der Waals surface area contributed by atoms with Crippen molar-refractivity contribution in [2.75, 3.05) is 120 Å². The molecule has 4 aromatic carbocycles. The summed E-state index contributed by atoms with van der Waals surface area (Å²) in [6.45, 7) is 22.5. The van der Waals surface area contributed by atoms with E-state index >= 15 is 0 Å². The third-order valence-corrected chi connectivity index (χ3v) is 16.2. The molecule has 0 heterocycles. The summed E-state index contributed by atoms with van der Waals surface area (Å²) in [7, 11) is -1.87. The lowest BCUT2D eigenvalue weighted by molar-refractivity contribution is -0.121. The van der Waals surface area contributed by atoms with Gasteiger partial charge in [-0.3, -0.25) is 14.4 Å². The molecule has 6 N–H and O–H groups in total. The molecule has 0 aromatic heterocycles. The van der Waals surface area contributed by atoms with Gasteiger partial charge in [0.2, 0.25) is 31.9 Å². The quantitative estimate of drug-likeness (QED) is 0.0474. The third kappa shape index (κ3) is 21.9. The van der Waals surface area contributed by atoms with E-state index in [0.29, 0.717) is 77.1 Å². The van der Waals surface area contributed by atoms with Crippen LogP contribution in [0.5, 0.6) is 23.0 Å². The van der Waals surface area contributed by atoms with Gasteiger partial charge in [-0.2, -0.15) is 8.61 Å². The zero-order chi connectivity index (χ0) is 57.9. The van der Waals surface area contributed by atoms with Gasteiger partial charge in [0.15, 0.2) is 0 Å². The number of hydrogen-bond acceptors (Lipinski definition) is 15. The van der Waals surface area contributed by atoms with Crippen molar-refractivity contribution >= 4 is 43.7 Å². The zero-order valence-electron chi connectivity index (χ0n) is 46.9. The molecule has 21 nitrogen and oxygen atoms in total. The van der Waals surface area contributed by atoms with Gasteiger partial charge in [0.25, 0.3) is 5.91 Å². The van der Waals surface area contributed by atoms with Gasteiger partial charge in [-0.15, -0.1) is 0 Å². The highest BCUT2D eigenvalue weighted by Crippen LogP contribution is 2.29. The minimum absolute atomic E-state index is 0.154. The highest BCUT2D eigenvalue weighted by atomic mass is 32.2. The van der Waals surface area contributed by atoms with E-state index in [9.17, 15) is 36.0 Å². The van der Waals surface area contributed by atoms with Crippen LogP contribution in [0.25, 0.3) is 0 Å². The molecule has 0 fully saturated rings. The highest BCUT2D eigenvalue weighted by molar-refractivity contribution is 7.89. The van der Waals surface area contributed by atoms with Gasteiger partial charge in [0.05, 0.1) is 42.7 Å². The molecule has 77 heavy (non-hydrogen) atoms. The number of carboxylic acids is 1. The van der Waals surface area contributed by atoms with Gasteiger partial charge in [0, 0.05) is 58.9 Å². The van der Waals surface area contributed by atoms with Gasteiger partial charge < -0.3 is 55.5 Å². The second-order valence-corrected chi connectivity index (χ2v) is 21.5. The number of likely N-dealkylation sites (N-methyl/N-ethyl adjacent to an activating group) is 4. The number of ether oxygens (including phenoxy) is 4. The van der Waals surface area contributed by atoms with E-state index in [1.54, 1.807) is 100 Å². The SMILES string of the molecule is CCN(CC)CCOc1ccc(C(=O)NCCNC(=O)CN(C)S(=O)(=O)c2c(C)cc(OC)cc2C)cc1.CCN(CC)CCOc1ccc(C(=O)O)cc1.COc1cc(C)c(S(=O)(=O)N(C)CC(=O)NCCN)c(C)c1. The topological polar surface area (TPSA) is 269 Å². The lowest BCUT2D eigenvalue weighted by Gasteiger charge is -2.20. The van der Waals surface area contributed by atoms with Crippen molar-refractivity contribution < 1.29 is 60.1 Å². The summed E-state index contributed by atoms with van der Waals surface area (Å²) < 4.78 is 75.1. The maximum absolute atomic E-state index is 13.1. The minimum Gasteiger partial charge on any atom is -0.497 e. The lowest BCUT2D eigenvalue weighted by atomic mass is 10.1. The second-order valence-electron chi connectivity index (χ2n) is 17.6. The predicted octanol–water partition coefficient (Wildman–Crippen LogP) is 4.31. The maximum atomic E-state index is 13.1. The van der Waals surface area contributed by atoms with Crippen molar-refractivity contribution in [3.63, 3.8) is 0 Å². The number of methoxy groups -OCH3 is 2. The smallest absolute Gasteiger partial charge is 0.335 e. The number of hydrogen-bond donors (Lipinski definition) is 5. The van der Waals surface area contributed by atoms with Gasteiger partial charge in [0.1, 0.15) is 36.2 Å². The number of aryl methyl sites for hydroxylation is 4. The molecule has 3 amide bonds. The monoisotopic (exact) mass is 1110 g/mol. The normalized spacial score (nSPS) is 11.3. The van der Waals surface area contributed by atoms with Gasteiger partial charge in [-0.1, -0.05) is 27.7 Å². The Hall–Kier alpha value is -6.34. The number of aromatic carboxylic acids is 1. The first-order valence-corrected chi connectivity index (χ1v) is 28.2. The summed E-state index contributed by atoms with van der Waals surface area (Å²) in [5.41, 5.74) is 8.27. The first kappa shape index (κ1) is 66.8. The van der Waals surface area contributed by atoms with Crippen molar-refractivity contribution in [2.45, 2.75) is 65.2 Å². The van der Waals surface area contributed by atoms with Crippen LogP contribution in [0, 0.1) is 27.7 Å². The van der Waals surface area contributed by atoms with Crippen molar-refractivity contribution in [1.29, 1.82) is 0 Å². The number of nitrogens with zero attached hydrogens (tertiary/aromatic N) is 4. The minimum atomic E-state index is -3.88. The molecule has 0 radical (unpaired) electrons. The number of nitrogens with one attached hydrogen (secondary N) is 3. The number of amides is 3. The number of carboxylic acid groups (broad SMARTS) is 1. The van der Waals surface area contributed by atoms with Crippen LogP contribution in [0.15, 0.2) is 82.6 Å². The first-order valence-electron chi connectivity index (χ1n) is 25.3. The number of sulfonamides is 2. The van der Waals surface area contributed by atoms with Gasteiger partial charge >= 0.3 is 5.97 Å². The Kier molecular flexibility index (Phi) is 29.3. The fourth-order valence-electron chi connectivity index (χ4n) is 7.62. The number of carbonyl (C=O) groups is 4. The maximum Gasteiger partial charge on any atom is 0.335 e. The molecule has 0 atom stereocenters. The van der Waals surface area contributed by atoms with Crippen molar-refractivity contribution in [2.24, 2.45) is 5.73 Å². The average Bonchev–Trinajstić information content (AvgIpc) is 3.39. The fourth-order valence-corrected chi connectivity index (χ4v) is 10.7. The Morgan fingerprint density at radius 1 is 0.532 bits per heavy atom. The highest BCUT2D eigenvalue weighted by Gasteiger charge is 2.28. The summed E-state index contributed by atoms with van der Waals surface area (Å²) in [6.07, 6.45) is 0. The van der Waals surface area contributed by atoms with E-state index in [4.69, 9.17) is 29.8 Å². The van der Waals surface area contributed by atoms with Gasteiger partial charge in [-0.25, -0.2) is 21.6 Å². The molecular weight excluding hydrogens is 1030 g/mol. The van der Waals surface area contributed by atoms with Gasteiger partial charge in [-0.05, 0) is 149 Å². The lowest BCUT2D eigenvalue weighted by Crippen LogP contribution is -2.41. The van der Waals surface area contributed by atoms with Crippen molar-refractivity contribution in [3.8, 4) is 23.0 Å². The molecule has 4 rings (SSSR count). The van der Waals surface area contributed by atoms with E-state index in [1.807, 2.05) is 0 Å². The van der Waals surface area contributed by atoms with Crippen LogP contribution in [0.4, 0.5) is 0 Å². The van der Waals surface area contributed by atoms with Crippen molar-refractivity contribution in [1.82, 2.24) is 34.4 Å². The Morgan fingerprint density at radius 2 is 0.870 bits per heavy atom. The molecule has 0 spiro atoms. The zero-order valence-corrected chi connectivity index (χ0v) is 48.5. The molecule has 4 aromatic rings. The molecule has 0 aliphatic rings. The Morgan fingerprint density at radius 3 is 1.19 bits per heavy atom. The fraction of sp³-hybridized carbons (Fsp3) is 0.481. The summed E-state index contributed by atoms with van der Waals surface area (Å²) in [4.78, 5) is 51.9. The third-order valence-electron chi connectivity index (χ3n) is 12.0. The molecular formula is C54H82N8O13S2. The number of carbonyl (C=O) groups excluding carboxylic acids is 3. The molecule has 23 heteroatoms. The summed E-state index contributed by atoms with van der Waals surface area (Å²) >= 11 is 0. The van der Waals surface area contributed by atoms with Crippen LogP contribution >= 0.6 is 0 Å². The Bertz CT molecular complexity index is 2670. The molecule has 428 valence electrons. The Balaban J connectivity index is 0.000000438. The average molecular weight is 1120 g/mol. The largest absolute Gasteiger partial charge is 0.497 e. The molecule has 0 aliphatic heterocycles. The van der Waals surface area contributed by atoms with Crippen LogP contribution in [-0.4, -0.2) is 184 Å². The van der Waals surface area contributed by atoms with E-state index in [-0.39, 0.29) is 53.3 Å². The number of benzene rings is 4. The Labute approximate surface area is 456 Å². The van der Waals surface area contributed by atoms with Crippen LogP contribution in [0.1, 0.15) is 70.7 Å². The molecule has 0 bridgehead atoms. The van der Waals surface area contributed by atoms with E-state index in [0.717, 1.165) is 47.9 Å². The predicted molar refractivity (Wildman–Crippen MR) is 298 cm³/mol. The van der Waals surface area contributed by atoms with Crippen molar-refractivity contribution in [3.05, 3.63) is 106 Å². The van der Waals surface area contributed by atoms with Crippen LogP contribution in [0.2, 0.25) is 0 Å².